The third-order valence-corrected chi connectivity index (χ3v) is 2.88. The molecule has 92 valence electrons. The van der Waals surface area contributed by atoms with Crippen molar-refractivity contribution in [3.05, 3.63) is 18.0 Å². The molecule has 0 aliphatic rings. The van der Waals surface area contributed by atoms with Crippen molar-refractivity contribution < 1.29 is 0 Å². The fourth-order valence-corrected chi connectivity index (χ4v) is 2.17. The molecule has 1 N–H and O–H groups in total. The van der Waals surface area contributed by atoms with Crippen molar-refractivity contribution in [3.63, 3.8) is 0 Å². The molecule has 4 heteroatoms. The maximum absolute atomic E-state index is 4.50. The van der Waals surface area contributed by atoms with Gasteiger partial charge in [-0.2, -0.15) is 5.10 Å². The maximum atomic E-state index is 4.50. The van der Waals surface area contributed by atoms with Gasteiger partial charge in [-0.25, -0.2) is 0 Å². The minimum absolute atomic E-state index is 0.439. The zero-order chi connectivity index (χ0) is 12.1. The molecule has 0 aromatic carbocycles. The van der Waals surface area contributed by atoms with Crippen LogP contribution >= 0.6 is 15.9 Å². The predicted molar refractivity (Wildman–Crippen MR) is 71.9 cm³/mol. The second-order valence-electron chi connectivity index (χ2n) is 4.68. The van der Waals surface area contributed by atoms with Gasteiger partial charge in [0.2, 0.25) is 0 Å². The summed E-state index contributed by atoms with van der Waals surface area (Å²) in [5, 5.41) is 7.98. The van der Waals surface area contributed by atoms with E-state index >= 15 is 0 Å². The Bertz CT molecular complexity index is 307. The van der Waals surface area contributed by atoms with Crippen molar-refractivity contribution in [1.82, 2.24) is 15.1 Å². The molecule has 0 saturated carbocycles. The number of hydrogen-bond acceptors (Lipinski definition) is 2. The lowest BCUT2D eigenvalue weighted by Crippen LogP contribution is -2.27. The van der Waals surface area contributed by atoms with Crippen molar-refractivity contribution in [2.24, 2.45) is 0 Å². The van der Waals surface area contributed by atoms with Crippen molar-refractivity contribution in [2.75, 3.05) is 0 Å². The molecule has 0 aliphatic heterocycles. The zero-order valence-corrected chi connectivity index (χ0v) is 12.2. The highest BCUT2D eigenvalue weighted by atomic mass is 79.9. The lowest BCUT2D eigenvalue weighted by atomic mass is 10.2. The zero-order valence-electron chi connectivity index (χ0n) is 10.6. The Morgan fingerprint density at radius 3 is 2.56 bits per heavy atom. The summed E-state index contributed by atoms with van der Waals surface area (Å²) in [5.74, 6) is 0. The van der Waals surface area contributed by atoms with Crippen LogP contribution in [0.4, 0.5) is 0 Å². The van der Waals surface area contributed by atoms with Gasteiger partial charge in [0.25, 0.3) is 0 Å². The Morgan fingerprint density at radius 2 is 2.06 bits per heavy atom. The van der Waals surface area contributed by atoms with Gasteiger partial charge in [0.15, 0.2) is 0 Å². The molecule has 16 heavy (non-hydrogen) atoms. The molecule has 1 rings (SSSR count). The molecular formula is C12H22BrN3. The normalized spacial score (nSPS) is 15.4. The van der Waals surface area contributed by atoms with Gasteiger partial charge in [0, 0.05) is 29.7 Å². The van der Waals surface area contributed by atoms with Crippen molar-refractivity contribution in [2.45, 2.75) is 57.6 Å². The summed E-state index contributed by atoms with van der Waals surface area (Å²) in [7, 11) is 0. The van der Waals surface area contributed by atoms with Gasteiger partial charge in [-0.15, -0.1) is 0 Å². The third kappa shape index (κ3) is 4.66. The minimum Gasteiger partial charge on any atom is -0.309 e. The summed E-state index contributed by atoms with van der Waals surface area (Å²) in [6.45, 7) is 9.50. The molecule has 1 aromatic heterocycles. The Labute approximate surface area is 107 Å². The first kappa shape index (κ1) is 13.7. The number of aromatic nitrogens is 2. The first-order chi connectivity index (χ1) is 7.49. The standard InChI is InChI=1S/C12H22BrN3/c1-9(2)16-6-5-12(15-16)8-14-11(4)7-10(3)13/h5-6,9-11,14H,7-8H2,1-4H3. The highest BCUT2D eigenvalue weighted by molar-refractivity contribution is 9.09. The van der Waals surface area contributed by atoms with Crippen LogP contribution in [0.25, 0.3) is 0 Å². The van der Waals surface area contributed by atoms with E-state index in [1.54, 1.807) is 0 Å². The van der Waals surface area contributed by atoms with Gasteiger partial charge in [0.05, 0.1) is 5.69 Å². The van der Waals surface area contributed by atoms with Crippen LogP contribution in [0.1, 0.15) is 45.9 Å². The Hall–Kier alpha value is -0.350. The molecule has 0 amide bonds. The number of nitrogens with zero attached hydrogens (tertiary/aromatic N) is 2. The van der Waals surface area contributed by atoms with Crippen LogP contribution < -0.4 is 5.32 Å². The first-order valence-corrected chi connectivity index (χ1v) is 6.82. The fraction of sp³-hybridized carbons (Fsp3) is 0.750. The molecule has 2 atom stereocenters. The highest BCUT2D eigenvalue weighted by Gasteiger charge is 2.07. The number of nitrogens with one attached hydrogen (secondary N) is 1. The largest absolute Gasteiger partial charge is 0.309 e. The van der Waals surface area contributed by atoms with Gasteiger partial charge in [-0.3, -0.25) is 4.68 Å². The lowest BCUT2D eigenvalue weighted by Gasteiger charge is -2.14. The molecule has 0 radical (unpaired) electrons. The van der Waals surface area contributed by atoms with Crippen LogP contribution in [0.2, 0.25) is 0 Å². The average Bonchev–Trinajstić information content (AvgIpc) is 2.61. The van der Waals surface area contributed by atoms with Crippen LogP contribution in [0.3, 0.4) is 0 Å². The van der Waals surface area contributed by atoms with E-state index in [1.807, 2.05) is 10.9 Å². The topological polar surface area (TPSA) is 29.9 Å². The van der Waals surface area contributed by atoms with Gasteiger partial charge in [-0.1, -0.05) is 22.9 Å². The second-order valence-corrected chi connectivity index (χ2v) is 6.24. The molecule has 0 bridgehead atoms. The van der Waals surface area contributed by atoms with E-state index in [0.717, 1.165) is 18.7 Å². The lowest BCUT2D eigenvalue weighted by molar-refractivity contribution is 0.493. The van der Waals surface area contributed by atoms with E-state index in [-0.39, 0.29) is 0 Å². The first-order valence-electron chi connectivity index (χ1n) is 5.90. The molecule has 1 heterocycles. The molecular weight excluding hydrogens is 266 g/mol. The Balaban J connectivity index is 2.36. The summed E-state index contributed by atoms with van der Waals surface area (Å²) >= 11 is 3.56. The highest BCUT2D eigenvalue weighted by Crippen LogP contribution is 2.08. The van der Waals surface area contributed by atoms with Gasteiger partial charge in [-0.05, 0) is 33.3 Å². The summed E-state index contributed by atoms with van der Waals surface area (Å²) in [6.07, 6.45) is 3.17. The van der Waals surface area contributed by atoms with Gasteiger partial charge in [0.1, 0.15) is 0 Å². The minimum atomic E-state index is 0.439. The van der Waals surface area contributed by atoms with Crippen LogP contribution in [-0.4, -0.2) is 20.6 Å². The fourth-order valence-electron chi connectivity index (χ4n) is 1.61. The van der Waals surface area contributed by atoms with E-state index in [9.17, 15) is 0 Å². The van der Waals surface area contributed by atoms with E-state index in [2.05, 4.69) is 60.1 Å². The molecule has 0 aliphatic carbocycles. The smallest absolute Gasteiger partial charge is 0.0762 e. The monoisotopic (exact) mass is 287 g/mol. The molecule has 1 aromatic rings. The second kappa shape index (κ2) is 6.40. The van der Waals surface area contributed by atoms with E-state index in [1.165, 1.54) is 0 Å². The maximum Gasteiger partial charge on any atom is 0.0762 e. The summed E-state index contributed by atoms with van der Waals surface area (Å²) < 4.78 is 1.99. The Kier molecular flexibility index (Phi) is 5.49. The van der Waals surface area contributed by atoms with Crippen LogP contribution in [0.5, 0.6) is 0 Å². The van der Waals surface area contributed by atoms with E-state index < -0.39 is 0 Å². The van der Waals surface area contributed by atoms with E-state index in [4.69, 9.17) is 0 Å². The summed E-state index contributed by atoms with van der Waals surface area (Å²) in [6, 6.07) is 3.03. The quantitative estimate of drug-likeness (QED) is 0.815. The predicted octanol–water partition coefficient (Wildman–Crippen LogP) is 3.12. The summed E-state index contributed by atoms with van der Waals surface area (Å²) in [4.78, 5) is 0.559. The number of halogens is 1. The van der Waals surface area contributed by atoms with Crippen molar-refractivity contribution in [1.29, 1.82) is 0 Å². The van der Waals surface area contributed by atoms with Crippen LogP contribution in [0.15, 0.2) is 12.3 Å². The molecule has 2 unspecified atom stereocenters. The average molecular weight is 288 g/mol. The Morgan fingerprint density at radius 1 is 1.38 bits per heavy atom. The molecule has 3 nitrogen and oxygen atoms in total. The van der Waals surface area contributed by atoms with Gasteiger partial charge >= 0.3 is 0 Å². The van der Waals surface area contributed by atoms with Crippen molar-refractivity contribution in [3.8, 4) is 0 Å². The molecule has 0 saturated heterocycles. The number of hydrogen-bond donors (Lipinski definition) is 1. The van der Waals surface area contributed by atoms with Crippen LogP contribution in [0, 0.1) is 0 Å². The SMILES string of the molecule is CC(Br)CC(C)NCc1ccn(C(C)C)n1. The molecule has 0 spiro atoms. The number of alkyl halides is 1. The number of rotatable bonds is 6. The van der Waals surface area contributed by atoms with Gasteiger partial charge < -0.3 is 5.32 Å². The van der Waals surface area contributed by atoms with E-state index in [0.29, 0.717) is 16.9 Å². The van der Waals surface area contributed by atoms with Crippen LogP contribution in [-0.2, 0) is 6.54 Å². The van der Waals surface area contributed by atoms with Crippen molar-refractivity contribution >= 4 is 15.9 Å². The third-order valence-electron chi connectivity index (χ3n) is 2.50. The molecule has 0 fully saturated rings. The summed E-state index contributed by atoms with van der Waals surface area (Å²) in [5.41, 5.74) is 1.11.